The topological polar surface area (TPSA) is 91.6 Å². The molecule has 8 nitrogen and oxygen atoms in total. The Bertz CT molecular complexity index is 808. The summed E-state index contributed by atoms with van der Waals surface area (Å²) in [5.74, 6) is 0.412. The summed E-state index contributed by atoms with van der Waals surface area (Å²) < 4.78 is 1.75. The smallest absolute Gasteiger partial charge is 0.255 e. The molecule has 0 spiro atoms. The largest absolute Gasteiger partial charge is 0.354 e. The number of hydrogen-bond acceptors (Lipinski definition) is 5. The van der Waals surface area contributed by atoms with Crippen molar-refractivity contribution >= 4 is 42.3 Å². The lowest BCUT2D eigenvalue weighted by atomic mass is 9.97. The van der Waals surface area contributed by atoms with E-state index in [4.69, 9.17) is 0 Å². The molecule has 0 aromatic carbocycles. The molecule has 28 heavy (non-hydrogen) atoms. The minimum absolute atomic E-state index is 0. The van der Waals surface area contributed by atoms with Gasteiger partial charge in [-0.15, -0.1) is 35.0 Å². The van der Waals surface area contributed by atoms with Crippen molar-refractivity contribution in [3.05, 3.63) is 30.2 Å². The molecule has 154 valence electrons. The first-order valence-electron chi connectivity index (χ1n) is 9.30. The lowest BCUT2D eigenvalue weighted by molar-refractivity contribution is -0.123. The van der Waals surface area contributed by atoms with Gasteiger partial charge in [0.05, 0.1) is 11.6 Å². The van der Waals surface area contributed by atoms with Gasteiger partial charge in [-0.2, -0.15) is 0 Å². The second kappa shape index (κ2) is 10.0. The van der Waals surface area contributed by atoms with Crippen LogP contribution in [-0.2, 0) is 4.79 Å². The number of carbonyl (C=O) groups is 2. The van der Waals surface area contributed by atoms with E-state index in [1.54, 1.807) is 29.1 Å². The molecule has 2 fully saturated rings. The number of fused-ring (bicyclic) bond motifs is 1. The third kappa shape index (κ3) is 4.92. The maximum absolute atomic E-state index is 12.8. The van der Waals surface area contributed by atoms with Crippen molar-refractivity contribution in [1.29, 1.82) is 0 Å². The average Bonchev–Trinajstić information content (AvgIpc) is 3.36. The van der Waals surface area contributed by atoms with Crippen molar-refractivity contribution in [2.24, 2.45) is 5.92 Å². The van der Waals surface area contributed by atoms with E-state index < -0.39 is 0 Å². The summed E-state index contributed by atoms with van der Waals surface area (Å²) >= 11 is 0. The molecule has 0 saturated carbocycles. The highest BCUT2D eigenvalue weighted by Crippen LogP contribution is 2.18. The van der Waals surface area contributed by atoms with Crippen LogP contribution in [0.15, 0.2) is 24.7 Å². The molecule has 2 saturated heterocycles. The first-order valence-corrected chi connectivity index (χ1v) is 9.30. The normalized spacial score (nSPS) is 21.6. The molecule has 2 N–H and O–H groups in total. The lowest BCUT2D eigenvalue weighted by Gasteiger charge is -2.33. The van der Waals surface area contributed by atoms with Gasteiger partial charge in [0.1, 0.15) is 6.33 Å². The number of carbonyl (C=O) groups excluding carboxylic acids is 2. The van der Waals surface area contributed by atoms with Crippen LogP contribution in [0.4, 0.5) is 0 Å². The van der Waals surface area contributed by atoms with Crippen molar-refractivity contribution < 1.29 is 9.59 Å². The number of piperidine rings is 1. The molecule has 2 aliphatic heterocycles. The molecule has 2 unspecified atom stereocenters. The summed E-state index contributed by atoms with van der Waals surface area (Å²) in [5, 5.41) is 14.1. The molecule has 4 rings (SSSR count). The van der Waals surface area contributed by atoms with Gasteiger partial charge in [-0.25, -0.2) is 0 Å². The molecule has 10 heteroatoms. The molecule has 2 aromatic rings. The van der Waals surface area contributed by atoms with Gasteiger partial charge < -0.3 is 15.5 Å². The van der Waals surface area contributed by atoms with Crippen LogP contribution in [-0.4, -0.2) is 63.5 Å². The van der Waals surface area contributed by atoms with E-state index in [9.17, 15) is 9.59 Å². The van der Waals surface area contributed by atoms with Gasteiger partial charge in [-0.1, -0.05) is 0 Å². The molecule has 2 aromatic heterocycles. The van der Waals surface area contributed by atoms with E-state index in [1.807, 2.05) is 4.90 Å². The predicted molar refractivity (Wildman–Crippen MR) is 110 cm³/mol. The number of nitrogens with one attached hydrogen (secondary N) is 2. The fraction of sp³-hybridized carbons (Fsp3) is 0.556. The minimum Gasteiger partial charge on any atom is -0.354 e. The lowest BCUT2D eigenvalue weighted by Crippen LogP contribution is -2.46. The summed E-state index contributed by atoms with van der Waals surface area (Å²) in [6.07, 6.45) is 7.33. The predicted octanol–water partition coefficient (Wildman–Crippen LogP) is 1.29. The van der Waals surface area contributed by atoms with Crippen LogP contribution in [0.25, 0.3) is 5.65 Å². The van der Waals surface area contributed by atoms with Crippen molar-refractivity contribution in [1.82, 2.24) is 30.1 Å². The molecule has 2 amide bonds. The van der Waals surface area contributed by atoms with Gasteiger partial charge in [-0.3, -0.25) is 14.0 Å². The quantitative estimate of drug-likeness (QED) is 0.765. The summed E-state index contributed by atoms with van der Waals surface area (Å²) in [5.41, 5.74) is 1.36. The zero-order valence-corrected chi connectivity index (χ0v) is 17.2. The second-order valence-corrected chi connectivity index (χ2v) is 7.17. The molecule has 2 aliphatic rings. The standard InChI is InChI=1S/C18H24N6O2.2ClH/c25-17(15-4-1-7-19-15)20-9-13-3-2-8-23(10-13)18(26)14-5-6-16-22-21-12-24(16)11-14;;/h5-6,11-13,15,19H,1-4,7-10H2,(H,20,25);2*1H. The van der Waals surface area contributed by atoms with Crippen molar-refractivity contribution in [2.75, 3.05) is 26.2 Å². The van der Waals surface area contributed by atoms with Gasteiger partial charge in [0.2, 0.25) is 5.91 Å². The van der Waals surface area contributed by atoms with E-state index in [0.717, 1.165) is 44.4 Å². The Morgan fingerprint density at radius 1 is 1.21 bits per heavy atom. The van der Waals surface area contributed by atoms with Crippen LogP contribution in [0, 0.1) is 5.92 Å². The Morgan fingerprint density at radius 3 is 2.86 bits per heavy atom. The molecule has 4 heterocycles. The zero-order chi connectivity index (χ0) is 17.9. The highest BCUT2D eigenvalue weighted by molar-refractivity contribution is 5.94. The maximum Gasteiger partial charge on any atom is 0.255 e. The van der Waals surface area contributed by atoms with E-state index in [0.29, 0.717) is 24.6 Å². The molecule has 2 atom stereocenters. The monoisotopic (exact) mass is 428 g/mol. The van der Waals surface area contributed by atoms with Gasteiger partial charge in [0, 0.05) is 25.8 Å². The SMILES string of the molecule is Cl.Cl.O=C(NCC1CCCN(C(=O)c2ccc3nncn3c2)C1)C1CCCN1. The van der Waals surface area contributed by atoms with Crippen molar-refractivity contribution in [3.63, 3.8) is 0 Å². The number of hydrogen-bond donors (Lipinski definition) is 2. The average molecular weight is 429 g/mol. The Hall–Kier alpha value is -1.90. The number of halogens is 2. The van der Waals surface area contributed by atoms with Crippen LogP contribution >= 0.6 is 24.8 Å². The van der Waals surface area contributed by atoms with E-state index in [1.165, 1.54) is 0 Å². The summed E-state index contributed by atoms with van der Waals surface area (Å²) in [6.45, 7) is 2.98. The van der Waals surface area contributed by atoms with Gasteiger partial charge in [0.15, 0.2) is 5.65 Å². The van der Waals surface area contributed by atoms with E-state index >= 15 is 0 Å². The molecule has 0 aliphatic carbocycles. The van der Waals surface area contributed by atoms with Gasteiger partial charge in [-0.05, 0) is 50.3 Å². The Kier molecular flexibility index (Phi) is 8.03. The fourth-order valence-corrected chi connectivity index (χ4v) is 3.83. The minimum atomic E-state index is -0.0492. The summed E-state index contributed by atoms with van der Waals surface area (Å²) in [7, 11) is 0. The van der Waals surface area contributed by atoms with Crippen molar-refractivity contribution in [3.8, 4) is 0 Å². The fourth-order valence-electron chi connectivity index (χ4n) is 3.83. The van der Waals surface area contributed by atoms with E-state index in [2.05, 4.69) is 20.8 Å². The van der Waals surface area contributed by atoms with E-state index in [-0.39, 0.29) is 42.7 Å². The number of aromatic nitrogens is 3. The van der Waals surface area contributed by atoms with Crippen molar-refractivity contribution in [2.45, 2.75) is 31.7 Å². The van der Waals surface area contributed by atoms with Crippen LogP contribution in [0.3, 0.4) is 0 Å². The number of amides is 2. The van der Waals surface area contributed by atoms with Gasteiger partial charge in [0.25, 0.3) is 5.91 Å². The molecule has 0 bridgehead atoms. The molecular formula is C18H26Cl2N6O2. The number of likely N-dealkylation sites (tertiary alicyclic amines) is 1. The van der Waals surface area contributed by atoms with Gasteiger partial charge >= 0.3 is 0 Å². The summed E-state index contributed by atoms with van der Waals surface area (Å²) in [6, 6.07) is 3.55. The first-order chi connectivity index (χ1) is 12.7. The second-order valence-electron chi connectivity index (χ2n) is 7.17. The zero-order valence-electron chi connectivity index (χ0n) is 15.5. The first kappa shape index (κ1) is 22.4. The van der Waals surface area contributed by atoms with Crippen LogP contribution in [0.1, 0.15) is 36.0 Å². The molecule has 0 radical (unpaired) electrons. The number of rotatable bonds is 4. The third-order valence-corrected chi connectivity index (χ3v) is 5.29. The van der Waals surface area contributed by atoms with Crippen LogP contribution < -0.4 is 10.6 Å². The number of pyridine rings is 1. The Balaban J connectivity index is 0.00000140. The summed E-state index contributed by atoms with van der Waals surface area (Å²) in [4.78, 5) is 26.9. The maximum atomic E-state index is 12.8. The van der Waals surface area contributed by atoms with Crippen LogP contribution in [0.5, 0.6) is 0 Å². The third-order valence-electron chi connectivity index (χ3n) is 5.29. The Labute approximate surface area is 176 Å². The van der Waals surface area contributed by atoms with Crippen LogP contribution in [0.2, 0.25) is 0 Å². The Morgan fingerprint density at radius 2 is 2.07 bits per heavy atom. The number of nitrogens with zero attached hydrogens (tertiary/aromatic N) is 4. The highest BCUT2D eigenvalue weighted by atomic mass is 35.5. The molecular weight excluding hydrogens is 403 g/mol. The highest BCUT2D eigenvalue weighted by Gasteiger charge is 2.27.